The second-order valence-electron chi connectivity index (χ2n) is 4.61. The van der Waals surface area contributed by atoms with Crippen molar-refractivity contribution in [2.75, 3.05) is 36.5 Å². The van der Waals surface area contributed by atoms with E-state index in [1.807, 2.05) is 6.07 Å². The zero-order valence-corrected chi connectivity index (χ0v) is 9.67. The summed E-state index contributed by atoms with van der Waals surface area (Å²) < 4.78 is 5.31. The molecule has 0 radical (unpaired) electrons. The van der Waals surface area contributed by atoms with Crippen molar-refractivity contribution in [3.8, 4) is 0 Å². The highest BCUT2D eigenvalue weighted by Gasteiger charge is 2.24. The van der Waals surface area contributed by atoms with E-state index in [2.05, 4.69) is 20.2 Å². The van der Waals surface area contributed by atoms with E-state index in [1.165, 1.54) is 0 Å². The topological polar surface area (TPSA) is 76.3 Å². The molecule has 6 heteroatoms. The number of aromatic nitrogens is 2. The molecule has 2 aliphatic rings. The molecule has 17 heavy (non-hydrogen) atoms. The van der Waals surface area contributed by atoms with Gasteiger partial charge in [0.2, 0.25) is 5.95 Å². The van der Waals surface area contributed by atoms with Crippen LogP contribution in [0.4, 0.5) is 11.8 Å². The minimum absolute atomic E-state index is 0.282. The lowest BCUT2D eigenvalue weighted by Crippen LogP contribution is -2.56. The van der Waals surface area contributed by atoms with Crippen molar-refractivity contribution < 1.29 is 4.74 Å². The summed E-state index contributed by atoms with van der Waals surface area (Å²) in [5.41, 5.74) is 5.76. The van der Waals surface area contributed by atoms with E-state index in [4.69, 9.17) is 10.5 Å². The molecule has 0 amide bonds. The summed E-state index contributed by atoms with van der Waals surface area (Å²) in [5.74, 6) is 1.63. The quantitative estimate of drug-likeness (QED) is 0.757. The monoisotopic (exact) mass is 235 g/mol. The first kappa shape index (κ1) is 10.7. The van der Waals surface area contributed by atoms with E-state index in [0.717, 1.165) is 38.5 Å². The number of nitrogens with two attached hydrogens (primary N) is 1. The number of nitrogens with zero attached hydrogens (tertiary/aromatic N) is 3. The first-order valence-electron chi connectivity index (χ1n) is 5.99. The van der Waals surface area contributed by atoms with Gasteiger partial charge in [-0.15, -0.1) is 0 Å². The largest absolute Gasteiger partial charge is 0.379 e. The van der Waals surface area contributed by atoms with Crippen molar-refractivity contribution in [2.45, 2.75) is 18.5 Å². The molecule has 0 spiro atoms. The standard InChI is InChI=1S/C11H17N5O/c12-8-5-16(6-8)10-1-3-13-11(15-10)14-9-2-4-17-7-9/h1,3,8-9H,2,4-7,12H2,(H,13,14,15). The minimum atomic E-state index is 0.282. The maximum Gasteiger partial charge on any atom is 0.224 e. The molecule has 3 N–H and O–H groups in total. The first-order chi connectivity index (χ1) is 8.31. The van der Waals surface area contributed by atoms with Crippen LogP contribution in [0.15, 0.2) is 12.3 Å². The van der Waals surface area contributed by atoms with Crippen LogP contribution >= 0.6 is 0 Å². The molecule has 0 bridgehead atoms. The van der Waals surface area contributed by atoms with E-state index >= 15 is 0 Å². The third-order valence-electron chi connectivity index (χ3n) is 3.14. The fraction of sp³-hybridized carbons (Fsp3) is 0.636. The number of ether oxygens (including phenoxy) is 1. The highest BCUT2D eigenvalue weighted by molar-refractivity contribution is 5.45. The van der Waals surface area contributed by atoms with Crippen LogP contribution in [0.2, 0.25) is 0 Å². The molecule has 92 valence electrons. The van der Waals surface area contributed by atoms with Gasteiger partial charge < -0.3 is 20.7 Å². The van der Waals surface area contributed by atoms with Crippen LogP contribution in [0.1, 0.15) is 6.42 Å². The molecular weight excluding hydrogens is 218 g/mol. The highest BCUT2D eigenvalue weighted by atomic mass is 16.5. The predicted molar refractivity (Wildman–Crippen MR) is 65.1 cm³/mol. The molecule has 2 fully saturated rings. The molecule has 1 unspecified atom stereocenters. The summed E-state index contributed by atoms with van der Waals surface area (Å²) in [5, 5.41) is 3.29. The molecule has 2 saturated heterocycles. The lowest BCUT2D eigenvalue weighted by molar-refractivity contribution is 0.195. The number of hydrogen-bond acceptors (Lipinski definition) is 6. The normalized spacial score (nSPS) is 24.8. The Morgan fingerprint density at radius 1 is 1.47 bits per heavy atom. The Hall–Kier alpha value is -1.40. The maximum absolute atomic E-state index is 5.76. The van der Waals surface area contributed by atoms with Crippen molar-refractivity contribution in [3.63, 3.8) is 0 Å². The van der Waals surface area contributed by atoms with Gasteiger partial charge in [0.05, 0.1) is 12.6 Å². The SMILES string of the molecule is NC1CN(c2ccnc(NC3CCOC3)n2)C1. The lowest BCUT2D eigenvalue weighted by Gasteiger charge is -2.37. The Bertz CT molecular complexity index is 387. The van der Waals surface area contributed by atoms with Gasteiger partial charge in [0.25, 0.3) is 0 Å². The van der Waals surface area contributed by atoms with Gasteiger partial charge in [0, 0.05) is 31.9 Å². The van der Waals surface area contributed by atoms with Crippen molar-refractivity contribution in [1.29, 1.82) is 0 Å². The Morgan fingerprint density at radius 2 is 2.35 bits per heavy atom. The zero-order chi connectivity index (χ0) is 11.7. The van der Waals surface area contributed by atoms with Gasteiger partial charge in [-0.1, -0.05) is 0 Å². The third kappa shape index (κ3) is 2.32. The van der Waals surface area contributed by atoms with Gasteiger partial charge in [0.15, 0.2) is 0 Å². The van der Waals surface area contributed by atoms with Crippen molar-refractivity contribution in [3.05, 3.63) is 12.3 Å². The molecule has 1 aromatic rings. The van der Waals surface area contributed by atoms with Crippen molar-refractivity contribution in [2.24, 2.45) is 5.73 Å². The van der Waals surface area contributed by atoms with Gasteiger partial charge in [0.1, 0.15) is 5.82 Å². The van der Waals surface area contributed by atoms with Crippen LogP contribution in [-0.4, -0.2) is 48.4 Å². The van der Waals surface area contributed by atoms with Crippen LogP contribution in [0.5, 0.6) is 0 Å². The summed E-state index contributed by atoms with van der Waals surface area (Å²) in [6, 6.07) is 2.54. The molecular formula is C11H17N5O. The number of nitrogens with one attached hydrogen (secondary N) is 1. The minimum Gasteiger partial charge on any atom is -0.379 e. The predicted octanol–water partition coefficient (Wildman–Crippen LogP) is -0.175. The van der Waals surface area contributed by atoms with Gasteiger partial charge in [-0.3, -0.25) is 0 Å². The Morgan fingerprint density at radius 3 is 3.06 bits per heavy atom. The van der Waals surface area contributed by atoms with Gasteiger partial charge >= 0.3 is 0 Å². The fourth-order valence-corrected chi connectivity index (χ4v) is 2.13. The number of hydrogen-bond donors (Lipinski definition) is 2. The van der Waals surface area contributed by atoms with E-state index < -0.39 is 0 Å². The van der Waals surface area contributed by atoms with Gasteiger partial charge in [-0.25, -0.2) is 4.98 Å². The number of anilines is 2. The van der Waals surface area contributed by atoms with Crippen molar-refractivity contribution in [1.82, 2.24) is 9.97 Å². The lowest BCUT2D eigenvalue weighted by atomic mass is 10.1. The Balaban J connectivity index is 1.66. The zero-order valence-electron chi connectivity index (χ0n) is 9.67. The summed E-state index contributed by atoms with van der Waals surface area (Å²) in [7, 11) is 0. The van der Waals surface area contributed by atoms with Crippen molar-refractivity contribution >= 4 is 11.8 Å². The Kier molecular flexibility index (Phi) is 2.82. The molecule has 0 aliphatic carbocycles. The van der Waals surface area contributed by atoms with E-state index in [1.54, 1.807) is 6.20 Å². The molecule has 0 saturated carbocycles. The summed E-state index contributed by atoms with van der Waals surface area (Å²) in [4.78, 5) is 10.9. The Labute approximate surface area is 100 Å². The van der Waals surface area contributed by atoms with E-state index in [0.29, 0.717) is 12.0 Å². The molecule has 6 nitrogen and oxygen atoms in total. The number of rotatable bonds is 3. The van der Waals surface area contributed by atoms with E-state index in [-0.39, 0.29) is 6.04 Å². The molecule has 2 aliphatic heterocycles. The summed E-state index contributed by atoms with van der Waals surface area (Å²) >= 11 is 0. The van der Waals surface area contributed by atoms with Gasteiger partial charge in [-0.05, 0) is 12.5 Å². The smallest absolute Gasteiger partial charge is 0.224 e. The second kappa shape index (κ2) is 4.46. The summed E-state index contributed by atoms with van der Waals surface area (Å²) in [6.07, 6.45) is 2.80. The average molecular weight is 235 g/mol. The highest BCUT2D eigenvalue weighted by Crippen LogP contribution is 2.18. The molecule has 1 atom stereocenters. The third-order valence-corrected chi connectivity index (χ3v) is 3.14. The van der Waals surface area contributed by atoms with Gasteiger partial charge in [-0.2, -0.15) is 4.98 Å². The summed E-state index contributed by atoms with van der Waals surface area (Å²) in [6.45, 7) is 3.31. The molecule has 1 aromatic heterocycles. The average Bonchev–Trinajstić information content (AvgIpc) is 2.78. The molecule has 0 aromatic carbocycles. The van der Waals surface area contributed by atoms with Crippen LogP contribution in [0.25, 0.3) is 0 Å². The molecule has 3 heterocycles. The second-order valence-corrected chi connectivity index (χ2v) is 4.61. The van der Waals surface area contributed by atoms with E-state index in [9.17, 15) is 0 Å². The first-order valence-corrected chi connectivity index (χ1v) is 5.99. The van der Waals surface area contributed by atoms with Crippen LogP contribution in [0, 0.1) is 0 Å². The van der Waals surface area contributed by atoms with Crippen LogP contribution < -0.4 is 16.0 Å². The fourth-order valence-electron chi connectivity index (χ4n) is 2.13. The molecule has 3 rings (SSSR count). The van der Waals surface area contributed by atoms with Crippen LogP contribution in [0.3, 0.4) is 0 Å². The van der Waals surface area contributed by atoms with Crippen LogP contribution in [-0.2, 0) is 4.74 Å². The maximum atomic E-state index is 5.76.